The Labute approximate surface area is 136 Å². The fourth-order valence-corrected chi connectivity index (χ4v) is 3.51. The van der Waals surface area contributed by atoms with Gasteiger partial charge in [-0.25, -0.2) is 0 Å². The SMILES string of the molecule is CC(=O)N[C@@H](C)C(=O)N1CCC[C@@H]1c1cccc2ccccc12. The molecule has 2 aromatic rings. The number of likely N-dealkylation sites (tertiary alicyclic amines) is 1. The lowest BCUT2D eigenvalue weighted by Crippen LogP contribution is -2.46. The summed E-state index contributed by atoms with van der Waals surface area (Å²) in [6.07, 6.45) is 1.96. The highest BCUT2D eigenvalue weighted by Gasteiger charge is 2.33. The minimum absolute atomic E-state index is 0.00404. The third-order valence-electron chi connectivity index (χ3n) is 4.51. The van der Waals surface area contributed by atoms with Gasteiger partial charge in [0.1, 0.15) is 6.04 Å². The molecular weight excluding hydrogens is 288 g/mol. The van der Waals surface area contributed by atoms with Gasteiger partial charge in [0, 0.05) is 13.5 Å². The van der Waals surface area contributed by atoms with Crippen LogP contribution in [0.1, 0.15) is 38.3 Å². The number of hydrogen-bond donors (Lipinski definition) is 1. The Morgan fingerprint density at radius 3 is 2.70 bits per heavy atom. The van der Waals surface area contributed by atoms with Crippen molar-refractivity contribution in [3.8, 4) is 0 Å². The van der Waals surface area contributed by atoms with Crippen LogP contribution < -0.4 is 5.32 Å². The average molecular weight is 310 g/mol. The quantitative estimate of drug-likeness (QED) is 0.947. The van der Waals surface area contributed by atoms with Gasteiger partial charge in [0.25, 0.3) is 0 Å². The van der Waals surface area contributed by atoms with Crippen molar-refractivity contribution in [3.05, 3.63) is 48.0 Å². The zero-order chi connectivity index (χ0) is 16.4. The Balaban J connectivity index is 1.92. The van der Waals surface area contributed by atoms with Crippen molar-refractivity contribution in [2.45, 2.75) is 38.8 Å². The van der Waals surface area contributed by atoms with Gasteiger partial charge in [-0.3, -0.25) is 9.59 Å². The molecule has 3 rings (SSSR count). The molecule has 1 fully saturated rings. The van der Waals surface area contributed by atoms with Crippen molar-refractivity contribution in [2.75, 3.05) is 6.54 Å². The van der Waals surface area contributed by atoms with E-state index >= 15 is 0 Å². The van der Waals surface area contributed by atoms with Gasteiger partial charge in [0.2, 0.25) is 11.8 Å². The summed E-state index contributed by atoms with van der Waals surface area (Å²) in [4.78, 5) is 25.8. The lowest BCUT2D eigenvalue weighted by Gasteiger charge is -2.28. The highest BCUT2D eigenvalue weighted by molar-refractivity contribution is 5.89. The molecule has 4 nitrogen and oxygen atoms in total. The molecule has 0 bridgehead atoms. The molecule has 0 unspecified atom stereocenters. The number of carbonyl (C=O) groups excluding carboxylic acids is 2. The van der Waals surface area contributed by atoms with E-state index in [0.717, 1.165) is 19.4 Å². The molecule has 1 saturated heterocycles. The molecule has 2 atom stereocenters. The van der Waals surface area contributed by atoms with E-state index in [-0.39, 0.29) is 17.9 Å². The van der Waals surface area contributed by atoms with Gasteiger partial charge in [0.05, 0.1) is 6.04 Å². The van der Waals surface area contributed by atoms with Gasteiger partial charge in [-0.15, -0.1) is 0 Å². The van der Waals surface area contributed by atoms with Crippen molar-refractivity contribution in [1.29, 1.82) is 0 Å². The van der Waals surface area contributed by atoms with Gasteiger partial charge in [-0.1, -0.05) is 42.5 Å². The lowest BCUT2D eigenvalue weighted by atomic mass is 9.97. The molecular formula is C19H22N2O2. The van der Waals surface area contributed by atoms with Crippen LogP contribution in [0.4, 0.5) is 0 Å². The second-order valence-electron chi connectivity index (χ2n) is 6.18. The Kier molecular flexibility index (Phi) is 4.33. The summed E-state index contributed by atoms with van der Waals surface area (Å²) in [5, 5.41) is 5.09. The van der Waals surface area contributed by atoms with Crippen LogP contribution in [-0.4, -0.2) is 29.3 Å². The van der Waals surface area contributed by atoms with Crippen LogP contribution in [0.15, 0.2) is 42.5 Å². The topological polar surface area (TPSA) is 49.4 Å². The molecule has 2 aromatic carbocycles. The van der Waals surface area contributed by atoms with E-state index in [1.807, 2.05) is 17.0 Å². The van der Waals surface area contributed by atoms with Crippen LogP contribution in [0.2, 0.25) is 0 Å². The molecule has 2 amide bonds. The van der Waals surface area contributed by atoms with Crippen LogP contribution in [0.3, 0.4) is 0 Å². The van der Waals surface area contributed by atoms with Gasteiger partial charge >= 0.3 is 0 Å². The molecule has 1 aliphatic rings. The normalized spacial score (nSPS) is 18.9. The second-order valence-corrected chi connectivity index (χ2v) is 6.18. The molecule has 1 heterocycles. The van der Waals surface area contributed by atoms with E-state index in [1.54, 1.807) is 6.92 Å². The molecule has 0 saturated carbocycles. The molecule has 0 aliphatic carbocycles. The van der Waals surface area contributed by atoms with Crippen molar-refractivity contribution >= 4 is 22.6 Å². The van der Waals surface area contributed by atoms with Crippen LogP contribution in [0, 0.1) is 0 Å². The van der Waals surface area contributed by atoms with Gasteiger partial charge in [-0.2, -0.15) is 0 Å². The lowest BCUT2D eigenvalue weighted by molar-refractivity contribution is -0.136. The summed E-state index contributed by atoms with van der Waals surface area (Å²) < 4.78 is 0. The van der Waals surface area contributed by atoms with E-state index in [1.165, 1.54) is 23.3 Å². The minimum atomic E-state index is -0.483. The van der Waals surface area contributed by atoms with Crippen molar-refractivity contribution < 1.29 is 9.59 Å². The summed E-state index contributed by atoms with van der Waals surface area (Å²) >= 11 is 0. The number of hydrogen-bond acceptors (Lipinski definition) is 2. The fraction of sp³-hybridized carbons (Fsp3) is 0.368. The summed E-state index contributed by atoms with van der Waals surface area (Å²) in [6, 6.07) is 14.1. The largest absolute Gasteiger partial charge is 0.345 e. The van der Waals surface area contributed by atoms with E-state index in [9.17, 15) is 9.59 Å². The van der Waals surface area contributed by atoms with E-state index < -0.39 is 6.04 Å². The van der Waals surface area contributed by atoms with Crippen LogP contribution >= 0.6 is 0 Å². The predicted octanol–water partition coefficient (Wildman–Crippen LogP) is 3.03. The number of fused-ring (bicyclic) bond motifs is 1. The molecule has 0 aromatic heterocycles. The van der Waals surface area contributed by atoms with Crippen molar-refractivity contribution in [1.82, 2.24) is 10.2 Å². The maximum absolute atomic E-state index is 12.7. The number of amides is 2. The Morgan fingerprint density at radius 1 is 1.17 bits per heavy atom. The Morgan fingerprint density at radius 2 is 1.91 bits per heavy atom. The highest BCUT2D eigenvalue weighted by Crippen LogP contribution is 2.36. The van der Waals surface area contributed by atoms with Gasteiger partial charge in [0.15, 0.2) is 0 Å². The standard InChI is InChI=1S/C19H22N2O2/c1-13(20-14(2)22)19(23)21-12-6-11-18(21)17-10-5-8-15-7-3-4-9-16(15)17/h3-5,7-10,13,18H,6,11-12H2,1-2H3,(H,20,22)/t13-,18+/m0/s1. The number of nitrogens with one attached hydrogen (secondary N) is 1. The molecule has 4 heteroatoms. The van der Waals surface area contributed by atoms with Crippen molar-refractivity contribution in [2.24, 2.45) is 0 Å². The molecule has 0 spiro atoms. The molecule has 1 N–H and O–H groups in total. The van der Waals surface area contributed by atoms with Gasteiger partial charge < -0.3 is 10.2 Å². The predicted molar refractivity (Wildman–Crippen MR) is 90.9 cm³/mol. The first-order valence-electron chi connectivity index (χ1n) is 8.13. The highest BCUT2D eigenvalue weighted by atomic mass is 16.2. The number of rotatable bonds is 3. The van der Waals surface area contributed by atoms with E-state index in [0.29, 0.717) is 0 Å². The van der Waals surface area contributed by atoms with Crippen molar-refractivity contribution in [3.63, 3.8) is 0 Å². The number of benzene rings is 2. The third-order valence-corrected chi connectivity index (χ3v) is 4.51. The molecule has 120 valence electrons. The first-order chi connectivity index (χ1) is 11.1. The average Bonchev–Trinajstić information content (AvgIpc) is 3.02. The first kappa shape index (κ1) is 15.5. The van der Waals surface area contributed by atoms with E-state index in [4.69, 9.17) is 0 Å². The molecule has 1 aliphatic heterocycles. The van der Waals surface area contributed by atoms with E-state index in [2.05, 4.69) is 35.6 Å². The summed E-state index contributed by atoms with van der Waals surface area (Å²) in [5.41, 5.74) is 1.20. The second kappa shape index (κ2) is 6.41. The zero-order valence-electron chi connectivity index (χ0n) is 13.6. The summed E-state index contributed by atoms with van der Waals surface area (Å²) in [6.45, 7) is 3.94. The smallest absolute Gasteiger partial charge is 0.245 e. The Bertz CT molecular complexity index is 736. The van der Waals surface area contributed by atoms with Crippen LogP contribution in [0.25, 0.3) is 10.8 Å². The monoisotopic (exact) mass is 310 g/mol. The molecule has 0 radical (unpaired) electrons. The maximum Gasteiger partial charge on any atom is 0.245 e. The summed E-state index contributed by atoms with van der Waals surface area (Å²) in [5.74, 6) is -0.178. The minimum Gasteiger partial charge on any atom is -0.345 e. The molecule has 23 heavy (non-hydrogen) atoms. The maximum atomic E-state index is 12.7. The summed E-state index contributed by atoms with van der Waals surface area (Å²) in [7, 11) is 0. The first-order valence-corrected chi connectivity index (χ1v) is 8.13. The van der Waals surface area contributed by atoms with Crippen LogP contribution in [-0.2, 0) is 9.59 Å². The zero-order valence-corrected chi connectivity index (χ0v) is 13.6. The van der Waals surface area contributed by atoms with Gasteiger partial charge in [-0.05, 0) is 36.1 Å². The fourth-order valence-electron chi connectivity index (χ4n) is 3.51. The third kappa shape index (κ3) is 3.07. The number of nitrogens with zero attached hydrogens (tertiary/aromatic N) is 1. The van der Waals surface area contributed by atoms with Crippen LogP contribution in [0.5, 0.6) is 0 Å². The number of carbonyl (C=O) groups is 2. The Hall–Kier alpha value is -2.36.